The SMILES string of the molecule is O=C1Cc2cc(NC(=O)c3ccc4ncsc4c3)ccc2N1. The number of thiazole rings is 1. The van der Waals surface area contributed by atoms with Gasteiger partial charge in [-0.15, -0.1) is 11.3 Å². The van der Waals surface area contributed by atoms with E-state index in [-0.39, 0.29) is 11.8 Å². The number of aromatic nitrogens is 1. The second kappa shape index (κ2) is 4.92. The molecule has 2 heterocycles. The Morgan fingerprint density at radius 2 is 2.14 bits per heavy atom. The number of hydrogen-bond acceptors (Lipinski definition) is 4. The number of nitrogens with zero attached hydrogens (tertiary/aromatic N) is 1. The Bertz CT molecular complexity index is 917. The number of rotatable bonds is 2. The molecule has 3 aromatic rings. The predicted molar refractivity (Wildman–Crippen MR) is 86.3 cm³/mol. The van der Waals surface area contributed by atoms with E-state index in [2.05, 4.69) is 15.6 Å². The van der Waals surface area contributed by atoms with Crippen LogP contribution in [0.2, 0.25) is 0 Å². The van der Waals surface area contributed by atoms with Crippen molar-refractivity contribution in [1.29, 1.82) is 0 Å². The molecule has 5 nitrogen and oxygen atoms in total. The first kappa shape index (κ1) is 13.0. The van der Waals surface area contributed by atoms with Gasteiger partial charge in [-0.1, -0.05) is 0 Å². The van der Waals surface area contributed by atoms with Gasteiger partial charge in [-0.3, -0.25) is 9.59 Å². The lowest BCUT2D eigenvalue weighted by atomic mass is 10.1. The summed E-state index contributed by atoms with van der Waals surface area (Å²) in [5.41, 5.74) is 5.64. The van der Waals surface area contributed by atoms with Crippen molar-refractivity contribution in [2.24, 2.45) is 0 Å². The molecule has 0 saturated carbocycles. The van der Waals surface area contributed by atoms with E-state index in [9.17, 15) is 9.59 Å². The number of benzene rings is 2. The molecule has 2 N–H and O–H groups in total. The van der Waals surface area contributed by atoms with E-state index in [1.807, 2.05) is 24.3 Å². The van der Waals surface area contributed by atoms with Crippen molar-refractivity contribution < 1.29 is 9.59 Å². The summed E-state index contributed by atoms with van der Waals surface area (Å²) >= 11 is 1.50. The summed E-state index contributed by atoms with van der Waals surface area (Å²) in [5, 5.41) is 5.64. The van der Waals surface area contributed by atoms with Crippen LogP contribution in [0.5, 0.6) is 0 Å². The molecule has 0 radical (unpaired) electrons. The standard InChI is InChI=1S/C16H11N3O2S/c20-15-7-10-5-11(2-4-12(10)19-15)18-16(21)9-1-3-13-14(6-9)22-8-17-13/h1-6,8H,7H2,(H,18,21)(H,19,20). The van der Waals surface area contributed by atoms with Crippen LogP contribution in [0.4, 0.5) is 11.4 Å². The molecule has 0 unspecified atom stereocenters. The maximum atomic E-state index is 12.3. The van der Waals surface area contributed by atoms with Crippen LogP contribution in [0.1, 0.15) is 15.9 Å². The van der Waals surface area contributed by atoms with E-state index in [1.54, 1.807) is 17.6 Å². The van der Waals surface area contributed by atoms with Crippen LogP contribution in [0.15, 0.2) is 41.9 Å². The molecule has 0 spiro atoms. The van der Waals surface area contributed by atoms with Gasteiger partial charge in [0.1, 0.15) is 0 Å². The summed E-state index contributed by atoms with van der Waals surface area (Å²) < 4.78 is 0.983. The van der Waals surface area contributed by atoms with E-state index in [0.717, 1.165) is 21.5 Å². The van der Waals surface area contributed by atoms with Gasteiger partial charge >= 0.3 is 0 Å². The number of fused-ring (bicyclic) bond motifs is 2. The molecule has 0 bridgehead atoms. The first-order valence-corrected chi connectivity index (χ1v) is 7.64. The van der Waals surface area contributed by atoms with Crippen molar-refractivity contribution in [3.8, 4) is 0 Å². The van der Waals surface area contributed by atoms with Gasteiger partial charge in [0, 0.05) is 16.9 Å². The van der Waals surface area contributed by atoms with Gasteiger partial charge < -0.3 is 10.6 Å². The maximum Gasteiger partial charge on any atom is 0.255 e. The molecule has 1 aliphatic heterocycles. The summed E-state index contributed by atoms with van der Waals surface area (Å²) in [6.45, 7) is 0. The Balaban J connectivity index is 1.59. The zero-order valence-electron chi connectivity index (χ0n) is 11.4. The lowest BCUT2D eigenvalue weighted by molar-refractivity contribution is -0.115. The third-order valence-corrected chi connectivity index (χ3v) is 4.37. The fourth-order valence-corrected chi connectivity index (χ4v) is 3.22. The van der Waals surface area contributed by atoms with Crippen molar-refractivity contribution in [3.63, 3.8) is 0 Å². The normalized spacial score (nSPS) is 13.0. The van der Waals surface area contributed by atoms with Crippen molar-refractivity contribution >= 4 is 44.7 Å². The fraction of sp³-hybridized carbons (Fsp3) is 0.0625. The molecular formula is C16H11N3O2S. The maximum absolute atomic E-state index is 12.3. The van der Waals surface area contributed by atoms with Crippen LogP contribution in [-0.4, -0.2) is 16.8 Å². The second-order valence-electron chi connectivity index (χ2n) is 5.09. The molecule has 0 fully saturated rings. The number of carbonyl (C=O) groups excluding carboxylic acids is 2. The lowest BCUT2D eigenvalue weighted by Crippen LogP contribution is -2.11. The molecule has 2 amide bonds. The average Bonchev–Trinajstić information content (AvgIpc) is 3.10. The minimum absolute atomic E-state index is 0.0193. The average molecular weight is 309 g/mol. The zero-order valence-corrected chi connectivity index (χ0v) is 12.2. The summed E-state index contributed by atoms with van der Waals surface area (Å²) in [6, 6.07) is 10.9. The van der Waals surface area contributed by atoms with Gasteiger partial charge in [0.25, 0.3) is 5.91 Å². The Morgan fingerprint density at radius 1 is 1.23 bits per heavy atom. The first-order valence-electron chi connectivity index (χ1n) is 6.76. The number of amides is 2. The second-order valence-corrected chi connectivity index (χ2v) is 5.97. The van der Waals surface area contributed by atoms with E-state index >= 15 is 0 Å². The molecule has 108 valence electrons. The number of anilines is 2. The van der Waals surface area contributed by atoms with Crippen LogP contribution < -0.4 is 10.6 Å². The molecule has 1 aliphatic rings. The zero-order chi connectivity index (χ0) is 15.1. The van der Waals surface area contributed by atoms with Gasteiger partial charge in [0.05, 0.1) is 22.1 Å². The van der Waals surface area contributed by atoms with E-state index in [0.29, 0.717) is 17.7 Å². The van der Waals surface area contributed by atoms with E-state index in [1.165, 1.54) is 11.3 Å². The fourth-order valence-electron chi connectivity index (χ4n) is 2.51. The third-order valence-electron chi connectivity index (χ3n) is 3.58. The van der Waals surface area contributed by atoms with Gasteiger partial charge in [-0.05, 0) is 42.0 Å². The molecule has 2 aromatic carbocycles. The highest BCUT2D eigenvalue weighted by molar-refractivity contribution is 7.16. The largest absolute Gasteiger partial charge is 0.326 e. The van der Waals surface area contributed by atoms with Gasteiger partial charge in [0.15, 0.2) is 0 Å². The number of carbonyl (C=O) groups is 2. The molecule has 4 rings (SSSR count). The highest BCUT2D eigenvalue weighted by Gasteiger charge is 2.18. The van der Waals surface area contributed by atoms with Crippen molar-refractivity contribution in [2.75, 3.05) is 10.6 Å². The van der Waals surface area contributed by atoms with Crippen molar-refractivity contribution in [1.82, 2.24) is 4.98 Å². The van der Waals surface area contributed by atoms with Gasteiger partial charge in [-0.25, -0.2) is 4.98 Å². The van der Waals surface area contributed by atoms with Crippen LogP contribution >= 0.6 is 11.3 Å². The Labute approximate surface area is 130 Å². The summed E-state index contributed by atoms with van der Waals surface area (Å²) in [7, 11) is 0. The first-order chi connectivity index (χ1) is 10.7. The van der Waals surface area contributed by atoms with Crippen molar-refractivity contribution in [3.05, 3.63) is 53.0 Å². The quantitative estimate of drug-likeness (QED) is 0.764. The third kappa shape index (κ3) is 2.23. The molecule has 0 saturated heterocycles. The molecule has 0 aliphatic carbocycles. The van der Waals surface area contributed by atoms with Crippen LogP contribution in [0.25, 0.3) is 10.2 Å². The van der Waals surface area contributed by atoms with E-state index in [4.69, 9.17) is 0 Å². The molecule has 1 aromatic heterocycles. The molecule has 0 atom stereocenters. The summed E-state index contributed by atoms with van der Waals surface area (Å²) in [6.07, 6.45) is 0.353. The number of hydrogen-bond donors (Lipinski definition) is 2. The predicted octanol–water partition coefficient (Wildman–Crippen LogP) is 3.04. The Hall–Kier alpha value is -2.73. The smallest absolute Gasteiger partial charge is 0.255 e. The minimum atomic E-state index is -0.174. The Kier molecular flexibility index (Phi) is 2.90. The van der Waals surface area contributed by atoms with E-state index < -0.39 is 0 Å². The molecular weight excluding hydrogens is 298 g/mol. The topological polar surface area (TPSA) is 71.1 Å². The Morgan fingerprint density at radius 3 is 3.05 bits per heavy atom. The minimum Gasteiger partial charge on any atom is -0.326 e. The van der Waals surface area contributed by atoms with Gasteiger partial charge in [-0.2, -0.15) is 0 Å². The van der Waals surface area contributed by atoms with Crippen LogP contribution in [0.3, 0.4) is 0 Å². The highest BCUT2D eigenvalue weighted by atomic mass is 32.1. The summed E-state index contributed by atoms with van der Waals surface area (Å²) in [4.78, 5) is 27.9. The molecule has 6 heteroatoms. The van der Waals surface area contributed by atoms with Crippen LogP contribution in [-0.2, 0) is 11.2 Å². The highest BCUT2D eigenvalue weighted by Crippen LogP contribution is 2.26. The monoisotopic (exact) mass is 309 g/mol. The van der Waals surface area contributed by atoms with Crippen molar-refractivity contribution in [2.45, 2.75) is 6.42 Å². The van der Waals surface area contributed by atoms with Crippen LogP contribution in [0, 0.1) is 0 Å². The summed E-state index contributed by atoms with van der Waals surface area (Å²) in [5.74, 6) is -0.193. The van der Waals surface area contributed by atoms with Gasteiger partial charge in [0.2, 0.25) is 5.91 Å². The lowest BCUT2D eigenvalue weighted by Gasteiger charge is -2.07. The number of nitrogens with one attached hydrogen (secondary N) is 2. The molecule has 22 heavy (non-hydrogen) atoms.